The molecule has 4 aromatic carbocycles. The maximum Gasteiger partial charge on any atom is 0.336 e. The number of methoxy groups -OCH3 is 1. The average molecular weight is 495 g/mol. The maximum atomic E-state index is 12.3. The molecule has 0 spiro atoms. The Morgan fingerprint density at radius 2 is 1.00 bits per heavy atom. The van der Waals surface area contributed by atoms with Gasteiger partial charge in [0.25, 0.3) is 0 Å². The fourth-order valence-electron chi connectivity index (χ4n) is 3.98. The first-order valence-electron chi connectivity index (χ1n) is 11.9. The first-order valence-corrected chi connectivity index (χ1v) is 11.9. The summed E-state index contributed by atoms with van der Waals surface area (Å²) in [5.74, 6) is 1.33. The summed E-state index contributed by atoms with van der Waals surface area (Å²) in [5, 5.41) is 0.544. The maximum absolute atomic E-state index is 12.3. The van der Waals surface area contributed by atoms with Crippen molar-refractivity contribution in [2.45, 2.75) is 19.8 Å². The third kappa shape index (κ3) is 5.59. The van der Waals surface area contributed by atoms with Crippen molar-refractivity contribution in [3.05, 3.63) is 130 Å². The van der Waals surface area contributed by atoms with Crippen LogP contribution in [0, 0.1) is 0 Å². The Hall–Kier alpha value is -4.71. The molecule has 0 amide bonds. The van der Waals surface area contributed by atoms with Crippen molar-refractivity contribution in [3.8, 4) is 23.0 Å². The van der Waals surface area contributed by atoms with Crippen molar-refractivity contribution < 1.29 is 23.4 Å². The van der Waals surface area contributed by atoms with Crippen LogP contribution in [-0.4, -0.2) is 7.11 Å². The van der Waals surface area contributed by atoms with Gasteiger partial charge in [0, 0.05) is 6.07 Å². The molecule has 37 heavy (non-hydrogen) atoms. The van der Waals surface area contributed by atoms with Crippen molar-refractivity contribution in [2.24, 2.45) is 0 Å². The monoisotopic (exact) mass is 494 g/mol. The lowest BCUT2D eigenvalue weighted by Crippen LogP contribution is -2.07. The standard InChI is InChI=1S/C31H26O6/c1-33-29-27(34-19-22-11-5-2-6-12-22)25-17-18-26(32)37-28(25)30(35-20-23-13-7-3-8-14-23)31(29)36-21-24-15-9-4-10-16-24/h2-18H,19-21H2,1H3. The summed E-state index contributed by atoms with van der Waals surface area (Å²) in [5.41, 5.74) is 2.61. The molecule has 0 fully saturated rings. The van der Waals surface area contributed by atoms with Crippen LogP contribution >= 0.6 is 0 Å². The van der Waals surface area contributed by atoms with Crippen molar-refractivity contribution in [1.29, 1.82) is 0 Å². The molecule has 5 rings (SSSR count). The van der Waals surface area contributed by atoms with Crippen LogP contribution in [0.2, 0.25) is 0 Å². The first-order chi connectivity index (χ1) is 18.2. The minimum Gasteiger partial charge on any atom is -0.490 e. The van der Waals surface area contributed by atoms with Gasteiger partial charge in [-0.15, -0.1) is 0 Å². The summed E-state index contributed by atoms with van der Waals surface area (Å²) in [4.78, 5) is 12.3. The zero-order valence-corrected chi connectivity index (χ0v) is 20.4. The van der Waals surface area contributed by atoms with E-state index < -0.39 is 5.63 Å². The quantitative estimate of drug-likeness (QED) is 0.205. The molecule has 1 aromatic heterocycles. The fraction of sp³-hybridized carbons (Fsp3) is 0.129. The van der Waals surface area contributed by atoms with E-state index in [1.807, 2.05) is 91.0 Å². The number of hydrogen-bond donors (Lipinski definition) is 0. The highest BCUT2D eigenvalue weighted by molar-refractivity contribution is 5.94. The minimum absolute atomic E-state index is 0.232. The summed E-state index contributed by atoms with van der Waals surface area (Å²) in [6.07, 6.45) is 0. The number of hydrogen-bond acceptors (Lipinski definition) is 6. The highest BCUT2D eigenvalue weighted by Crippen LogP contribution is 2.51. The number of ether oxygens (including phenoxy) is 4. The van der Waals surface area contributed by atoms with E-state index in [0.29, 0.717) is 22.6 Å². The van der Waals surface area contributed by atoms with E-state index in [1.165, 1.54) is 6.07 Å². The van der Waals surface area contributed by atoms with Gasteiger partial charge in [0.05, 0.1) is 12.5 Å². The summed E-state index contributed by atoms with van der Waals surface area (Å²) in [7, 11) is 1.55. The molecule has 0 radical (unpaired) electrons. The molecule has 186 valence electrons. The summed E-state index contributed by atoms with van der Waals surface area (Å²) in [6.45, 7) is 0.775. The van der Waals surface area contributed by atoms with E-state index in [9.17, 15) is 4.79 Å². The predicted octanol–water partition coefficient (Wildman–Crippen LogP) is 6.54. The molecule has 0 saturated heterocycles. The van der Waals surface area contributed by atoms with Gasteiger partial charge in [-0.3, -0.25) is 0 Å². The highest BCUT2D eigenvalue weighted by Gasteiger charge is 2.27. The van der Waals surface area contributed by atoms with Crippen LogP contribution in [0.15, 0.2) is 112 Å². The minimum atomic E-state index is -0.509. The Kier molecular flexibility index (Phi) is 7.36. The largest absolute Gasteiger partial charge is 0.490 e. The molecule has 0 bridgehead atoms. The van der Waals surface area contributed by atoms with Crippen molar-refractivity contribution in [2.75, 3.05) is 7.11 Å². The Morgan fingerprint density at radius 3 is 1.49 bits per heavy atom. The van der Waals surface area contributed by atoms with Gasteiger partial charge in [-0.05, 0) is 22.8 Å². The Morgan fingerprint density at radius 1 is 0.541 bits per heavy atom. The first kappa shape index (κ1) is 24.0. The molecule has 6 heteroatoms. The smallest absolute Gasteiger partial charge is 0.336 e. The molecule has 0 aliphatic carbocycles. The van der Waals surface area contributed by atoms with E-state index in [2.05, 4.69) is 0 Å². The SMILES string of the molecule is COc1c(OCc2ccccc2)c(OCc2ccccc2)c2oc(=O)ccc2c1OCc1ccccc1. The van der Waals surface area contributed by atoms with Gasteiger partial charge < -0.3 is 23.4 Å². The van der Waals surface area contributed by atoms with Crippen LogP contribution < -0.4 is 24.6 Å². The Labute approximate surface area is 214 Å². The fourth-order valence-corrected chi connectivity index (χ4v) is 3.98. The summed E-state index contributed by atoms with van der Waals surface area (Å²) in [6, 6.07) is 32.3. The van der Waals surface area contributed by atoms with Crippen LogP contribution in [0.3, 0.4) is 0 Å². The van der Waals surface area contributed by atoms with Gasteiger partial charge in [-0.1, -0.05) is 91.0 Å². The number of fused-ring (bicyclic) bond motifs is 1. The lowest BCUT2D eigenvalue weighted by Gasteiger charge is -2.21. The van der Waals surface area contributed by atoms with Gasteiger partial charge >= 0.3 is 5.63 Å². The van der Waals surface area contributed by atoms with E-state index >= 15 is 0 Å². The van der Waals surface area contributed by atoms with E-state index in [0.717, 1.165) is 16.7 Å². The molecular formula is C31H26O6. The third-order valence-corrected chi connectivity index (χ3v) is 5.79. The normalized spacial score (nSPS) is 10.7. The summed E-state index contributed by atoms with van der Waals surface area (Å²) < 4.78 is 30.3. The highest BCUT2D eigenvalue weighted by atomic mass is 16.6. The Balaban J connectivity index is 1.62. The van der Waals surface area contributed by atoms with E-state index in [4.69, 9.17) is 23.4 Å². The molecule has 5 aromatic rings. The van der Waals surface area contributed by atoms with Crippen molar-refractivity contribution >= 4 is 11.0 Å². The second-order valence-electron chi connectivity index (χ2n) is 8.34. The molecule has 0 saturated carbocycles. The molecule has 0 aliphatic rings. The second kappa shape index (κ2) is 11.4. The summed E-state index contributed by atoms with van der Waals surface area (Å²) >= 11 is 0. The van der Waals surface area contributed by atoms with Gasteiger partial charge in [-0.25, -0.2) is 4.79 Å². The molecule has 0 N–H and O–H groups in total. The van der Waals surface area contributed by atoms with Crippen molar-refractivity contribution in [3.63, 3.8) is 0 Å². The van der Waals surface area contributed by atoms with Crippen LogP contribution in [0.25, 0.3) is 11.0 Å². The molecule has 6 nitrogen and oxygen atoms in total. The molecule has 0 atom stereocenters. The second-order valence-corrected chi connectivity index (χ2v) is 8.34. The third-order valence-electron chi connectivity index (χ3n) is 5.79. The molecular weight excluding hydrogens is 468 g/mol. The predicted molar refractivity (Wildman–Crippen MR) is 141 cm³/mol. The van der Waals surface area contributed by atoms with Crippen LogP contribution in [0.4, 0.5) is 0 Å². The topological polar surface area (TPSA) is 67.1 Å². The zero-order valence-electron chi connectivity index (χ0n) is 20.4. The van der Waals surface area contributed by atoms with Gasteiger partial charge in [0.2, 0.25) is 17.2 Å². The number of rotatable bonds is 10. The zero-order chi connectivity index (χ0) is 25.5. The van der Waals surface area contributed by atoms with E-state index in [-0.39, 0.29) is 31.2 Å². The lowest BCUT2D eigenvalue weighted by atomic mass is 10.1. The van der Waals surface area contributed by atoms with Crippen LogP contribution in [0.5, 0.6) is 23.0 Å². The molecule has 0 unspecified atom stereocenters. The van der Waals surface area contributed by atoms with Crippen LogP contribution in [0.1, 0.15) is 16.7 Å². The number of benzene rings is 4. The molecule has 1 heterocycles. The molecule has 0 aliphatic heterocycles. The van der Waals surface area contributed by atoms with Crippen LogP contribution in [-0.2, 0) is 19.8 Å². The Bertz CT molecular complexity index is 1510. The average Bonchev–Trinajstić information content (AvgIpc) is 2.95. The van der Waals surface area contributed by atoms with Gasteiger partial charge in [0.15, 0.2) is 11.3 Å². The lowest BCUT2D eigenvalue weighted by molar-refractivity contribution is 0.233. The van der Waals surface area contributed by atoms with Gasteiger partial charge in [-0.2, -0.15) is 0 Å². The van der Waals surface area contributed by atoms with Gasteiger partial charge in [0.1, 0.15) is 19.8 Å². The van der Waals surface area contributed by atoms with Crippen molar-refractivity contribution in [1.82, 2.24) is 0 Å². The van der Waals surface area contributed by atoms with E-state index in [1.54, 1.807) is 13.2 Å².